The van der Waals surface area contributed by atoms with Gasteiger partial charge in [-0.05, 0) is 27.2 Å². The summed E-state index contributed by atoms with van der Waals surface area (Å²) in [5.41, 5.74) is 0. The molecule has 0 radical (unpaired) electrons. The largest absolute Gasteiger partial charge is 0.353 e. The zero-order valence-electron chi connectivity index (χ0n) is 9.99. The number of carbonyl (C=O) groups is 1. The summed E-state index contributed by atoms with van der Waals surface area (Å²) in [5.74, 6) is 0.287. The lowest BCUT2D eigenvalue weighted by Gasteiger charge is -2.19. The molecule has 2 N–H and O–H groups in total. The molecule has 0 saturated carbocycles. The molecule has 0 bridgehead atoms. The molecule has 5 nitrogen and oxygen atoms in total. The van der Waals surface area contributed by atoms with E-state index in [1.165, 1.54) is 0 Å². The summed E-state index contributed by atoms with van der Waals surface area (Å²) < 4.78 is 22.5. The van der Waals surface area contributed by atoms with Crippen LogP contribution in [0.2, 0.25) is 0 Å². The van der Waals surface area contributed by atoms with Crippen molar-refractivity contribution in [1.29, 1.82) is 0 Å². The Hall–Kier alpha value is -0.620. The molecule has 0 aromatic carbocycles. The van der Waals surface area contributed by atoms with E-state index in [4.69, 9.17) is 0 Å². The highest BCUT2D eigenvalue weighted by Gasteiger charge is 2.29. The molecule has 1 saturated heterocycles. The topological polar surface area (TPSA) is 75.3 Å². The lowest BCUT2D eigenvalue weighted by molar-refractivity contribution is -0.123. The van der Waals surface area contributed by atoms with Crippen LogP contribution in [0.5, 0.6) is 0 Å². The van der Waals surface area contributed by atoms with E-state index in [1.54, 1.807) is 6.92 Å². The quantitative estimate of drug-likeness (QED) is 0.715. The molecule has 1 heterocycles. The molecule has 2 atom stereocenters. The number of sulfone groups is 1. The Morgan fingerprint density at radius 1 is 1.31 bits per heavy atom. The van der Waals surface area contributed by atoms with Crippen LogP contribution in [0.4, 0.5) is 0 Å². The van der Waals surface area contributed by atoms with Crippen molar-refractivity contribution in [2.45, 2.75) is 45.3 Å². The van der Waals surface area contributed by atoms with Gasteiger partial charge in [-0.25, -0.2) is 8.42 Å². The van der Waals surface area contributed by atoms with Gasteiger partial charge in [0.15, 0.2) is 9.84 Å². The second-order valence-corrected chi connectivity index (χ2v) is 6.88. The number of carbonyl (C=O) groups excluding carboxylic acids is 1. The van der Waals surface area contributed by atoms with E-state index in [0.717, 1.165) is 0 Å². The second-order valence-electron chi connectivity index (χ2n) is 4.65. The lowest BCUT2D eigenvalue weighted by Crippen LogP contribution is -2.48. The summed E-state index contributed by atoms with van der Waals surface area (Å²) in [6.45, 7) is 5.54. The van der Waals surface area contributed by atoms with Gasteiger partial charge in [0.05, 0.1) is 17.5 Å². The minimum Gasteiger partial charge on any atom is -0.353 e. The fourth-order valence-corrected chi connectivity index (χ4v) is 3.45. The van der Waals surface area contributed by atoms with E-state index in [9.17, 15) is 13.2 Å². The third kappa shape index (κ3) is 4.09. The van der Waals surface area contributed by atoms with Crippen LogP contribution < -0.4 is 10.6 Å². The Morgan fingerprint density at radius 3 is 2.38 bits per heavy atom. The van der Waals surface area contributed by atoms with E-state index < -0.39 is 9.84 Å². The van der Waals surface area contributed by atoms with Crippen molar-refractivity contribution >= 4 is 15.7 Å². The van der Waals surface area contributed by atoms with Crippen molar-refractivity contribution in [1.82, 2.24) is 10.6 Å². The van der Waals surface area contributed by atoms with Crippen LogP contribution in [0.1, 0.15) is 27.2 Å². The standard InChI is InChI=1S/C10H20N2O3S/c1-7(2)11-10(13)8(3)12-9-4-5-16(14,15)6-9/h7-9,12H,4-6H2,1-3H3,(H,11,13). The third-order valence-corrected chi connectivity index (χ3v) is 4.31. The van der Waals surface area contributed by atoms with Crippen LogP contribution in [0.3, 0.4) is 0 Å². The molecule has 1 rings (SSSR count). The molecule has 0 aliphatic carbocycles. The zero-order chi connectivity index (χ0) is 12.3. The number of hydrogen-bond donors (Lipinski definition) is 2. The maximum atomic E-state index is 11.6. The van der Waals surface area contributed by atoms with Gasteiger partial charge in [-0.1, -0.05) is 0 Å². The normalized spacial score (nSPS) is 25.6. The van der Waals surface area contributed by atoms with Gasteiger partial charge in [-0.3, -0.25) is 4.79 Å². The maximum Gasteiger partial charge on any atom is 0.237 e. The lowest BCUT2D eigenvalue weighted by atomic mass is 10.2. The summed E-state index contributed by atoms with van der Waals surface area (Å²) in [6.07, 6.45) is 0.599. The molecule has 1 amide bonds. The smallest absolute Gasteiger partial charge is 0.237 e. The average molecular weight is 248 g/mol. The highest BCUT2D eigenvalue weighted by atomic mass is 32.2. The molecule has 1 fully saturated rings. The maximum absolute atomic E-state index is 11.6. The molecular weight excluding hydrogens is 228 g/mol. The van der Waals surface area contributed by atoms with E-state index in [2.05, 4.69) is 10.6 Å². The third-order valence-electron chi connectivity index (χ3n) is 2.54. The molecule has 1 aliphatic heterocycles. The van der Waals surface area contributed by atoms with Crippen LogP contribution in [0, 0.1) is 0 Å². The van der Waals surface area contributed by atoms with E-state index in [-0.39, 0.29) is 35.5 Å². The van der Waals surface area contributed by atoms with Gasteiger partial charge < -0.3 is 10.6 Å². The molecule has 2 unspecified atom stereocenters. The van der Waals surface area contributed by atoms with Crippen molar-refractivity contribution < 1.29 is 13.2 Å². The van der Waals surface area contributed by atoms with Crippen molar-refractivity contribution in [2.75, 3.05) is 11.5 Å². The van der Waals surface area contributed by atoms with Crippen LogP contribution in [0.15, 0.2) is 0 Å². The first-order chi connectivity index (χ1) is 7.30. The van der Waals surface area contributed by atoms with Crippen molar-refractivity contribution in [3.8, 4) is 0 Å². The fraction of sp³-hybridized carbons (Fsp3) is 0.900. The minimum absolute atomic E-state index is 0.0840. The first-order valence-corrected chi connectivity index (χ1v) is 7.39. The number of nitrogens with one attached hydrogen (secondary N) is 2. The molecule has 94 valence electrons. The number of rotatable bonds is 4. The van der Waals surface area contributed by atoms with Crippen molar-refractivity contribution in [2.24, 2.45) is 0 Å². The van der Waals surface area contributed by atoms with E-state index >= 15 is 0 Å². The van der Waals surface area contributed by atoms with Gasteiger partial charge in [0.1, 0.15) is 0 Å². The van der Waals surface area contributed by atoms with E-state index in [0.29, 0.717) is 6.42 Å². The monoisotopic (exact) mass is 248 g/mol. The Morgan fingerprint density at radius 2 is 1.94 bits per heavy atom. The van der Waals surface area contributed by atoms with Crippen LogP contribution in [-0.4, -0.2) is 44.0 Å². The van der Waals surface area contributed by atoms with Crippen molar-refractivity contribution in [3.05, 3.63) is 0 Å². The zero-order valence-corrected chi connectivity index (χ0v) is 10.8. The fourth-order valence-electron chi connectivity index (χ4n) is 1.77. The molecule has 1 aliphatic rings. The predicted molar refractivity (Wildman–Crippen MR) is 62.9 cm³/mol. The molecular formula is C10H20N2O3S. The summed E-state index contributed by atoms with van der Waals surface area (Å²) in [4.78, 5) is 11.6. The van der Waals surface area contributed by atoms with Crippen molar-refractivity contribution in [3.63, 3.8) is 0 Å². The van der Waals surface area contributed by atoms with Crippen LogP contribution >= 0.6 is 0 Å². The van der Waals surface area contributed by atoms with Gasteiger partial charge >= 0.3 is 0 Å². The Kier molecular flexibility index (Phi) is 4.32. The van der Waals surface area contributed by atoms with Gasteiger partial charge in [0.25, 0.3) is 0 Å². The van der Waals surface area contributed by atoms with Gasteiger partial charge in [-0.2, -0.15) is 0 Å². The number of amides is 1. The molecule has 0 aromatic rings. The van der Waals surface area contributed by atoms with Crippen LogP contribution in [0.25, 0.3) is 0 Å². The first kappa shape index (κ1) is 13.4. The molecule has 0 spiro atoms. The molecule has 0 aromatic heterocycles. The SMILES string of the molecule is CC(C)NC(=O)C(C)NC1CCS(=O)(=O)C1. The van der Waals surface area contributed by atoms with Gasteiger partial charge in [0, 0.05) is 12.1 Å². The van der Waals surface area contributed by atoms with Gasteiger partial charge in [-0.15, -0.1) is 0 Å². The predicted octanol–water partition coefficient (Wildman–Crippen LogP) is -0.324. The summed E-state index contributed by atoms with van der Waals surface area (Å²) in [5, 5.41) is 5.83. The second kappa shape index (κ2) is 5.14. The average Bonchev–Trinajstić information content (AvgIpc) is 2.44. The van der Waals surface area contributed by atoms with Gasteiger partial charge in [0.2, 0.25) is 5.91 Å². The minimum atomic E-state index is -2.88. The Balaban J connectivity index is 2.40. The highest BCUT2D eigenvalue weighted by Crippen LogP contribution is 2.11. The van der Waals surface area contributed by atoms with Crippen LogP contribution in [-0.2, 0) is 14.6 Å². The summed E-state index contributed by atoms with van der Waals surface area (Å²) in [6, 6.07) is -0.331. The number of hydrogen-bond acceptors (Lipinski definition) is 4. The first-order valence-electron chi connectivity index (χ1n) is 5.57. The Labute approximate surface area is 96.9 Å². The van der Waals surface area contributed by atoms with E-state index in [1.807, 2.05) is 13.8 Å². The molecule has 6 heteroatoms. The summed E-state index contributed by atoms with van der Waals surface area (Å²) >= 11 is 0. The Bertz CT molecular complexity index is 351. The molecule has 16 heavy (non-hydrogen) atoms. The summed E-state index contributed by atoms with van der Waals surface area (Å²) in [7, 11) is -2.88. The highest BCUT2D eigenvalue weighted by molar-refractivity contribution is 7.91.